The second-order valence-corrected chi connectivity index (χ2v) is 13.6. The molecule has 4 heteroatoms. The Morgan fingerprint density at radius 1 is 0.460 bits per heavy atom. The van der Waals surface area contributed by atoms with Crippen LogP contribution >= 0.6 is 0 Å². The van der Waals surface area contributed by atoms with Crippen LogP contribution in [0.2, 0.25) is 0 Å². The number of hydrogen-bond donors (Lipinski definition) is 0. The molecule has 0 spiro atoms. The van der Waals surface area contributed by atoms with Crippen molar-refractivity contribution in [3.63, 3.8) is 0 Å². The Labute approximate surface area is 289 Å². The maximum Gasteiger partial charge on any atom is 0.227 e. The van der Waals surface area contributed by atoms with Gasteiger partial charge in [-0.3, -0.25) is 0 Å². The van der Waals surface area contributed by atoms with Gasteiger partial charge in [0.25, 0.3) is 0 Å². The predicted molar refractivity (Wildman–Crippen MR) is 204 cm³/mol. The summed E-state index contributed by atoms with van der Waals surface area (Å²) in [6.45, 7) is 4.66. The van der Waals surface area contributed by atoms with Crippen molar-refractivity contribution < 1.29 is 8.83 Å². The Hall–Kier alpha value is -6.39. The number of anilines is 3. The van der Waals surface area contributed by atoms with Crippen molar-refractivity contribution in [2.75, 3.05) is 4.90 Å². The van der Waals surface area contributed by atoms with Gasteiger partial charge < -0.3 is 13.7 Å². The second kappa shape index (κ2) is 10.8. The van der Waals surface area contributed by atoms with Crippen molar-refractivity contribution in [1.29, 1.82) is 0 Å². The van der Waals surface area contributed by atoms with E-state index in [4.69, 9.17) is 13.8 Å². The van der Waals surface area contributed by atoms with Gasteiger partial charge in [0.15, 0.2) is 5.58 Å². The number of aromatic nitrogens is 1. The summed E-state index contributed by atoms with van der Waals surface area (Å²) in [5, 5.41) is 2.04. The molecule has 1 aliphatic rings. The molecule has 0 N–H and O–H groups in total. The topological polar surface area (TPSA) is 42.4 Å². The molecule has 0 saturated carbocycles. The third kappa shape index (κ3) is 4.42. The summed E-state index contributed by atoms with van der Waals surface area (Å²) < 4.78 is 12.8. The second-order valence-electron chi connectivity index (χ2n) is 13.6. The molecule has 0 atom stereocenters. The first kappa shape index (κ1) is 28.6. The Morgan fingerprint density at radius 3 is 1.88 bits per heavy atom. The summed E-state index contributed by atoms with van der Waals surface area (Å²) >= 11 is 0. The van der Waals surface area contributed by atoms with E-state index in [0.717, 1.165) is 55.7 Å². The normalized spacial score (nSPS) is 13.2. The van der Waals surface area contributed by atoms with Crippen LogP contribution in [-0.2, 0) is 5.41 Å². The summed E-state index contributed by atoms with van der Waals surface area (Å²) in [5.41, 5.74) is 14.8. The number of nitrogens with zero attached hydrogens (tertiary/aromatic N) is 2. The lowest BCUT2D eigenvalue weighted by atomic mass is 9.82. The number of furan rings is 1. The standard InChI is InChI=1S/C46H32N2O2/c1-46(2)39-16-10-9-15-35(39)36-23-21-33(25-40(36)46)48(32-19-17-30(18-20-32)29-11-5-3-6-12-29)34-22-24-37-38-27-44-41(28-43(38)49-42(37)26-34)47-45(50-44)31-13-7-4-8-14-31/h3-28H,1-2H3. The lowest BCUT2D eigenvalue weighted by Gasteiger charge is -2.28. The van der Waals surface area contributed by atoms with Gasteiger partial charge in [-0.1, -0.05) is 105 Å². The summed E-state index contributed by atoms with van der Waals surface area (Å²) in [7, 11) is 0. The zero-order valence-corrected chi connectivity index (χ0v) is 27.7. The molecule has 0 saturated heterocycles. The van der Waals surface area contributed by atoms with Crippen LogP contribution in [0.1, 0.15) is 25.0 Å². The molecular formula is C46H32N2O2. The maximum atomic E-state index is 6.56. The smallest absolute Gasteiger partial charge is 0.227 e. The SMILES string of the molecule is CC1(C)c2ccccc2-c2ccc(N(c3ccc(-c4ccccc4)cc3)c3ccc4c(c3)oc3cc5nc(-c6ccccc6)oc5cc34)cc21. The van der Waals surface area contributed by atoms with E-state index in [2.05, 4.69) is 140 Å². The van der Waals surface area contributed by atoms with Gasteiger partial charge in [-0.25, -0.2) is 4.98 Å². The minimum absolute atomic E-state index is 0.112. The Bertz CT molecular complexity index is 2720. The van der Waals surface area contributed by atoms with Crippen molar-refractivity contribution in [2.24, 2.45) is 0 Å². The molecule has 7 aromatic carbocycles. The number of oxazole rings is 1. The summed E-state index contributed by atoms with van der Waals surface area (Å²) in [5.74, 6) is 0.606. The first-order chi connectivity index (χ1) is 24.5. The van der Waals surface area contributed by atoms with E-state index in [1.807, 2.05) is 36.4 Å². The number of benzene rings is 7. The van der Waals surface area contributed by atoms with Crippen LogP contribution in [0, 0.1) is 0 Å². The minimum atomic E-state index is -0.112. The molecule has 0 bridgehead atoms. The van der Waals surface area contributed by atoms with E-state index in [-0.39, 0.29) is 5.41 Å². The Kier molecular flexibility index (Phi) is 6.19. The lowest BCUT2D eigenvalue weighted by Crippen LogP contribution is -2.16. The third-order valence-electron chi connectivity index (χ3n) is 10.3. The van der Waals surface area contributed by atoms with E-state index in [1.54, 1.807) is 0 Å². The van der Waals surface area contributed by atoms with Gasteiger partial charge in [0.2, 0.25) is 5.89 Å². The van der Waals surface area contributed by atoms with E-state index >= 15 is 0 Å². The van der Waals surface area contributed by atoms with Crippen LogP contribution in [0.4, 0.5) is 17.1 Å². The monoisotopic (exact) mass is 644 g/mol. The van der Waals surface area contributed by atoms with E-state index in [9.17, 15) is 0 Å². The van der Waals surface area contributed by atoms with Crippen LogP contribution in [-0.4, -0.2) is 4.98 Å². The van der Waals surface area contributed by atoms with Gasteiger partial charge >= 0.3 is 0 Å². The van der Waals surface area contributed by atoms with Gasteiger partial charge in [-0.15, -0.1) is 0 Å². The molecule has 0 amide bonds. The predicted octanol–water partition coefficient (Wildman–Crippen LogP) is 12.8. The highest BCUT2D eigenvalue weighted by Crippen LogP contribution is 2.51. The first-order valence-electron chi connectivity index (χ1n) is 17.0. The van der Waals surface area contributed by atoms with E-state index in [0.29, 0.717) is 5.89 Å². The molecule has 9 aromatic rings. The van der Waals surface area contributed by atoms with E-state index < -0.39 is 0 Å². The zero-order valence-electron chi connectivity index (χ0n) is 27.7. The molecule has 4 nitrogen and oxygen atoms in total. The maximum absolute atomic E-state index is 6.56. The molecule has 1 aliphatic carbocycles. The number of fused-ring (bicyclic) bond motifs is 7. The van der Waals surface area contributed by atoms with Gasteiger partial charge in [-0.2, -0.15) is 0 Å². The van der Waals surface area contributed by atoms with Crippen molar-refractivity contribution >= 4 is 50.1 Å². The molecule has 2 aromatic heterocycles. The largest absolute Gasteiger partial charge is 0.456 e. The third-order valence-corrected chi connectivity index (χ3v) is 10.3. The van der Waals surface area contributed by atoms with Gasteiger partial charge in [-0.05, 0) is 88.0 Å². The van der Waals surface area contributed by atoms with Crippen molar-refractivity contribution in [3.8, 4) is 33.7 Å². The van der Waals surface area contributed by atoms with Gasteiger partial charge in [0.1, 0.15) is 16.7 Å². The quantitative estimate of drug-likeness (QED) is 0.187. The van der Waals surface area contributed by atoms with E-state index in [1.165, 1.54) is 33.4 Å². The van der Waals surface area contributed by atoms with Crippen LogP contribution in [0.5, 0.6) is 0 Å². The molecular weight excluding hydrogens is 613 g/mol. The molecule has 0 unspecified atom stereocenters. The fraction of sp³-hybridized carbons (Fsp3) is 0.0652. The first-order valence-corrected chi connectivity index (χ1v) is 17.0. The van der Waals surface area contributed by atoms with Crippen molar-refractivity contribution in [1.82, 2.24) is 4.98 Å². The van der Waals surface area contributed by atoms with Gasteiger partial charge in [0, 0.05) is 50.9 Å². The lowest BCUT2D eigenvalue weighted by molar-refractivity contribution is 0.620. The molecule has 0 fully saturated rings. The zero-order chi connectivity index (χ0) is 33.4. The molecule has 50 heavy (non-hydrogen) atoms. The van der Waals surface area contributed by atoms with Crippen LogP contribution < -0.4 is 4.90 Å². The average molecular weight is 645 g/mol. The highest BCUT2D eigenvalue weighted by molar-refractivity contribution is 6.09. The number of hydrogen-bond acceptors (Lipinski definition) is 4. The fourth-order valence-corrected chi connectivity index (χ4v) is 7.74. The van der Waals surface area contributed by atoms with Crippen LogP contribution in [0.25, 0.3) is 66.7 Å². The highest BCUT2D eigenvalue weighted by atomic mass is 16.4. The summed E-state index contributed by atoms with van der Waals surface area (Å²) in [6, 6.07) is 55.6. The molecule has 0 aliphatic heterocycles. The fourth-order valence-electron chi connectivity index (χ4n) is 7.74. The highest BCUT2D eigenvalue weighted by Gasteiger charge is 2.35. The average Bonchev–Trinajstić information content (AvgIpc) is 3.81. The molecule has 10 rings (SSSR count). The Balaban J connectivity index is 1.11. The van der Waals surface area contributed by atoms with Crippen molar-refractivity contribution in [3.05, 3.63) is 169 Å². The summed E-state index contributed by atoms with van der Waals surface area (Å²) in [4.78, 5) is 7.11. The van der Waals surface area contributed by atoms with Crippen LogP contribution in [0.3, 0.4) is 0 Å². The molecule has 238 valence electrons. The summed E-state index contributed by atoms with van der Waals surface area (Å²) in [6.07, 6.45) is 0. The Morgan fingerprint density at radius 2 is 1.08 bits per heavy atom. The van der Waals surface area contributed by atoms with Crippen molar-refractivity contribution in [2.45, 2.75) is 19.3 Å². The minimum Gasteiger partial charge on any atom is -0.456 e. The molecule has 2 heterocycles. The number of rotatable bonds is 5. The van der Waals surface area contributed by atoms with Crippen LogP contribution in [0.15, 0.2) is 167 Å². The van der Waals surface area contributed by atoms with Gasteiger partial charge in [0.05, 0.1) is 0 Å². The molecule has 0 radical (unpaired) electrons.